The van der Waals surface area contributed by atoms with Gasteiger partial charge in [-0.25, -0.2) is 0 Å². The molecule has 1 heterocycles. The van der Waals surface area contributed by atoms with E-state index in [9.17, 15) is 18.0 Å². The molecule has 1 aromatic carbocycles. The van der Waals surface area contributed by atoms with Gasteiger partial charge in [-0.05, 0) is 95.7 Å². The number of halogens is 3. The quantitative estimate of drug-likeness (QED) is 0.665. The van der Waals surface area contributed by atoms with Crippen LogP contribution in [-0.4, -0.2) is 10.9 Å². The monoisotopic (exact) mass is 426 g/mol. The highest BCUT2D eigenvalue weighted by molar-refractivity contribution is 5.93. The van der Waals surface area contributed by atoms with Crippen molar-refractivity contribution in [3.05, 3.63) is 70.6 Å². The number of allylic oxidation sites excluding steroid dienone is 2. The molecule has 5 rings (SSSR count). The van der Waals surface area contributed by atoms with Crippen molar-refractivity contribution in [2.24, 2.45) is 23.0 Å². The van der Waals surface area contributed by atoms with E-state index >= 15 is 0 Å². The van der Waals surface area contributed by atoms with Gasteiger partial charge in [-0.15, -0.1) is 0 Å². The van der Waals surface area contributed by atoms with E-state index < -0.39 is 17.6 Å². The molecule has 31 heavy (non-hydrogen) atoms. The number of alkyl halides is 3. The third-order valence-electron chi connectivity index (χ3n) is 7.97. The Labute approximate surface area is 179 Å². The number of pyridine rings is 1. The maximum Gasteiger partial charge on any atom is 0.417 e. The van der Waals surface area contributed by atoms with Gasteiger partial charge in [-0.1, -0.05) is 19.1 Å². The molecule has 0 bridgehead atoms. The minimum Gasteiger partial charge on any atom is -0.366 e. The standard InChI is InChI=1S/C25H25F3N2O/c1-24-9-8-19-18-4-3-15(23(29)31)10-14(18)2-5-20(19)22(24)7-6-21(24)16-11-17(13-30-12-16)25(26,27)28/h3-4,6,10-13,19-20,22H,2,5,7-9H2,1H3,(H2,29,31). The Morgan fingerprint density at radius 2 is 2.00 bits per heavy atom. The molecule has 2 N–H and O–H groups in total. The number of amides is 1. The van der Waals surface area contributed by atoms with Crippen LogP contribution in [0.2, 0.25) is 0 Å². The lowest BCUT2D eigenvalue weighted by molar-refractivity contribution is -0.137. The molecule has 1 saturated carbocycles. The summed E-state index contributed by atoms with van der Waals surface area (Å²) < 4.78 is 39.7. The van der Waals surface area contributed by atoms with Crippen molar-refractivity contribution in [2.45, 2.75) is 51.1 Å². The molecular weight excluding hydrogens is 401 g/mol. The number of carbonyl (C=O) groups is 1. The van der Waals surface area contributed by atoms with Crippen molar-refractivity contribution in [3.63, 3.8) is 0 Å². The van der Waals surface area contributed by atoms with E-state index in [1.807, 2.05) is 12.1 Å². The molecule has 162 valence electrons. The first kappa shape index (κ1) is 20.3. The molecule has 4 atom stereocenters. The summed E-state index contributed by atoms with van der Waals surface area (Å²) >= 11 is 0. The SMILES string of the molecule is CC12CCC3c4ccc(C(N)=O)cc4CCC3C1CC=C2c1cncc(C(F)(F)F)c1. The normalized spacial score (nSPS) is 29.5. The van der Waals surface area contributed by atoms with Crippen LogP contribution in [-0.2, 0) is 12.6 Å². The third kappa shape index (κ3) is 3.19. The molecular formula is C25H25F3N2O. The first-order chi connectivity index (χ1) is 14.7. The van der Waals surface area contributed by atoms with Gasteiger partial charge in [0, 0.05) is 18.0 Å². The van der Waals surface area contributed by atoms with Crippen molar-refractivity contribution in [1.29, 1.82) is 0 Å². The molecule has 0 spiro atoms. The van der Waals surface area contributed by atoms with Crippen LogP contribution in [0.4, 0.5) is 13.2 Å². The van der Waals surface area contributed by atoms with Crippen molar-refractivity contribution in [1.82, 2.24) is 4.98 Å². The summed E-state index contributed by atoms with van der Waals surface area (Å²) in [5.74, 6) is 0.912. The number of carbonyl (C=O) groups excluding carboxylic acids is 1. The van der Waals surface area contributed by atoms with Gasteiger partial charge in [-0.2, -0.15) is 13.2 Å². The van der Waals surface area contributed by atoms with Gasteiger partial charge in [-0.3, -0.25) is 9.78 Å². The highest BCUT2D eigenvalue weighted by Crippen LogP contribution is 2.63. The molecule has 4 unspecified atom stereocenters. The highest BCUT2D eigenvalue weighted by Gasteiger charge is 2.52. The zero-order valence-corrected chi connectivity index (χ0v) is 17.4. The smallest absolute Gasteiger partial charge is 0.366 e. The Balaban J connectivity index is 1.45. The van der Waals surface area contributed by atoms with Gasteiger partial charge in [0.15, 0.2) is 0 Å². The summed E-state index contributed by atoms with van der Waals surface area (Å²) in [6, 6.07) is 7.08. The second-order valence-electron chi connectivity index (χ2n) is 9.46. The number of fused-ring (bicyclic) bond motifs is 5. The van der Waals surface area contributed by atoms with Gasteiger partial charge in [0.1, 0.15) is 0 Å². The first-order valence-electron chi connectivity index (χ1n) is 10.8. The summed E-state index contributed by atoms with van der Waals surface area (Å²) in [6.07, 6.45) is 4.97. The van der Waals surface area contributed by atoms with Crippen molar-refractivity contribution in [2.75, 3.05) is 0 Å². The lowest BCUT2D eigenvalue weighted by Gasteiger charge is -2.50. The van der Waals surface area contributed by atoms with E-state index in [1.165, 1.54) is 17.2 Å². The summed E-state index contributed by atoms with van der Waals surface area (Å²) in [7, 11) is 0. The largest absolute Gasteiger partial charge is 0.417 e. The molecule has 1 fully saturated rings. The topological polar surface area (TPSA) is 56.0 Å². The van der Waals surface area contributed by atoms with Crippen LogP contribution in [0.5, 0.6) is 0 Å². The van der Waals surface area contributed by atoms with E-state index in [0.717, 1.165) is 43.9 Å². The number of benzene rings is 1. The van der Waals surface area contributed by atoms with Gasteiger partial charge >= 0.3 is 6.18 Å². The highest BCUT2D eigenvalue weighted by atomic mass is 19.4. The molecule has 1 aromatic heterocycles. The number of aryl methyl sites for hydroxylation is 1. The second kappa shape index (κ2) is 6.94. The number of hydrogen-bond acceptors (Lipinski definition) is 2. The molecule has 3 nitrogen and oxygen atoms in total. The molecule has 0 saturated heterocycles. The number of nitrogens with zero attached hydrogens (tertiary/aromatic N) is 1. The van der Waals surface area contributed by atoms with Crippen molar-refractivity contribution < 1.29 is 18.0 Å². The summed E-state index contributed by atoms with van der Waals surface area (Å²) in [5.41, 5.74) is 9.33. The summed E-state index contributed by atoms with van der Waals surface area (Å²) in [4.78, 5) is 15.5. The predicted octanol–water partition coefficient (Wildman–Crippen LogP) is 5.75. The molecule has 6 heteroatoms. The number of nitrogens with two attached hydrogens (primary N) is 1. The zero-order valence-electron chi connectivity index (χ0n) is 17.4. The van der Waals surface area contributed by atoms with Gasteiger partial charge in [0.05, 0.1) is 5.56 Å². The van der Waals surface area contributed by atoms with E-state index in [1.54, 1.807) is 6.20 Å². The Morgan fingerprint density at radius 3 is 2.74 bits per heavy atom. The number of aromatic nitrogens is 1. The van der Waals surface area contributed by atoms with Gasteiger partial charge in [0.2, 0.25) is 5.91 Å². The Bertz CT molecular complexity index is 1090. The third-order valence-corrected chi connectivity index (χ3v) is 7.97. The maximum atomic E-state index is 13.2. The van der Waals surface area contributed by atoms with E-state index in [4.69, 9.17) is 5.73 Å². The molecule has 0 radical (unpaired) electrons. The van der Waals surface area contributed by atoms with Crippen LogP contribution < -0.4 is 5.73 Å². The van der Waals surface area contributed by atoms with Crippen LogP contribution in [0.1, 0.15) is 71.1 Å². The van der Waals surface area contributed by atoms with Crippen LogP contribution in [0.25, 0.3) is 5.57 Å². The average Bonchev–Trinajstić information content (AvgIpc) is 3.09. The maximum absolute atomic E-state index is 13.2. The second-order valence-corrected chi connectivity index (χ2v) is 9.46. The number of rotatable bonds is 2. The average molecular weight is 426 g/mol. The molecule has 0 aliphatic heterocycles. The van der Waals surface area contributed by atoms with Crippen LogP contribution in [0, 0.1) is 17.3 Å². The Morgan fingerprint density at radius 1 is 1.19 bits per heavy atom. The lowest BCUT2D eigenvalue weighted by Crippen LogP contribution is -2.41. The summed E-state index contributed by atoms with van der Waals surface area (Å²) in [6.45, 7) is 2.22. The zero-order chi connectivity index (χ0) is 22.0. The molecule has 3 aliphatic carbocycles. The fourth-order valence-electron chi connectivity index (χ4n) is 6.49. The molecule has 3 aliphatic rings. The van der Waals surface area contributed by atoms with E-state index in [2.05, 4.69) is 24.1 Å². The predicted molar refractivity (Wildman–Crippen MR) is 112 cm³/mol. The Hall–Kier alpha value is -2.63. The minimum absolute atomic E-state index is 0.141. The van der Waals surface area contributed by atoms with Crippen molar-refractivity contribution in [3.8, 4) is 0 Å². The fraction of sp³-hybridized carbons (Fsp3) is 0.440. The van der Waals surface area contributed by atoms with Crippen LogP contribution in [0.3, 0.4) is 0 Å². The van der Waals surface area contributed by atoms with Gasteiger partial charge in [0.25, 0.3) is 0 Å². The lowest BCUT2D eigenvalue weighted by atomic mass is 9.54. The van der Waals surface area contributed by atoms with E-state index in [-0.39, 0.29) is 5.41 Å². The minimum atomic E-state index is -4.39. The fourth-order valence-corrected chi connectivity index (χ4v) is 6.49. The van der Waals surface area contributed by atoms with Crippen LogP contribution in [0.15, 0.2) is 42.7 Å². The van der Waals surface area contributed by atoms with E-state index in [0.29, 0.717) is 28.9 Å². The number of hydrogen-bond donors (Lipinski definition) is 1. The Kier molecular flexibility index (Phi) is 4.54. The summed E-state index contributed by atoms with van der Waals surface area (Å²) in [5, 5.41) is 0. The van der Waals surface area contributed by atoms with Gasteiger partial charge < -0.3 is 5.73 Å². The van der Waals surface area contributed by atoms with Crippen molar-refractivity contribution >= 4 is 11.5 Å². The number of primary amides is 1. The molecule has 2 aromatic rings. The first-order valence-corrected chi connectivity index (χ1v) is 10.8. The molecule has 1 amide bonds. The van der Waals surface area contributed by atoms with Crippen LogP contribution >= 0.6 is 0 Å².